The maximum Gasteiger partial charge on any atom is 0.328 e. The molecule has 1 heterocycles. The molecule has 33 heavy (non-hydrogen) atoms. The number of imide groups is 3. The molecule has 4 unspecified atom stereocenters. The van der Waals surface area contributed by atoms with Crippen LogP contribution >= 0.6 is 0 Å². The van der Waals surface area contributed by atoms with E-state index in [1.54, 1.807) is 26.0 Å². The molecule has 0 bridgehead atoms. The molecule has 1 aliphatic heterocycles. The number of Topliss-reactive ketones (excluding diaryl/α,β-unsaturated/α-hetero) is 1. The van der Waals surface area contributed by atoms with Crippen molar-refractivity contribution in [3.05, 3.63) is 63.8 Å². The fraction of sp³-hybridized carbons (Fsp3) is 0.320. The molecule has 4 aliphatic rings. The van der Waals surface area contributed by atoms with Gasteiger partial charge in [-0.15, -0.1) is 0 Å². The van der Waals surface area contributed by atoms with Gasteiger partial charge < -0.3 is 10.8 Å². The minimum Gasteiger partial charge on any atom is -0.508 e. The van der Waals surface area contributed by atoms with E-state index >= 15 is 0 Å². The zero-order chi connectivity index (χ0) is 23.8. The van der Waals surface area contributed by atoms with Crippen molar-refractivity contribution in [2.75, 3.05) is 0 Å². The molecule has 1 aromatic carbocycles. The normalized spacial score (nSPS) is 28.8. The summed E-state index contributed by atoms with van der Waals surface area (Å²) < 4.78 is 0. The Balaban J connectivity index is 1.70. The molecule has 8 nitrogen and oxygen atoms in total. The average Bonchev–Trinajstić information content (AvgIpc) is 3.03. The maximum absolute atomic E-state index is 13.3. The predicted molar refractivity (Wildman–Crippen MR) is 116 cm³/mol. The number of benzene rings is 1. The Hall–Kier alpha value is -3.81. The van der Waals surface area contributed by atoms with Crippen LogP contribution in [0.25, 0.3) is 0 Å². The standard InChI is InChI=1S/C25H22N2O6/c1-10-7-12(3-6-17(10)28)19-13-4-5-14-20(24(32)27(23(14)31)25(26)33)15(13)9-16-18(29)8-11(2)22(30)21(16)19/h3-4,6-8,14-15,19-20,28H,5,9H2,1-2H3,(H2,26,33). The van der Waals surface area contributed by atoms with E-state index in [1.807, 2.05) is 6.08 Å². The molecule has 0 aromatic heterocycles. The largest absolute Gasteiger partial charge is 0.508 e. The smallest absolute Gasteiger partial charge is 0.328 e. The molecule has 168 valence electrons. The van der Waals surface area contributed by atoms with Crippen molar-refractivity contribution in [2.45, 2.75) is 32.6 Å². The zero-order valence-electron chi connectivity index (χ0n) is 18.1. The lowest BCUT2D eigenvalue weighted by Crippen LogP contribution is -2.42. The number of amides is 4. The van der Waals surface area contributed by atoms with Gasteiger partial charge >= 0.3 is 6.03 Å². The number of carbonyl (C=O) groups excluding carboxylic acids is 5. The number of primary amides is 1. The SMILES string of the molecule is CC1=CC(=O)C2=C(C1=O)C(c1ccc(O)c(C)c1)C1=CCC3C(=O)N(C(N)=O)C(=O)C3C1C2. The lowest BCUT2D eigenvalue weighted by atomic mass is 9.59. The Bertz CT molecular complexity index is 1280. The molecule has 3 N–H and O–H groups in total. The molecule has 0 radical (unpaired) electrons. The van der Waals surface area contributed by atoms with Gasteiger partial charge in [0.25, 0.3) is 0 Å². The second-order valence-electron chi connectivity index (χ2n) is 9.12. The van der Waals surface area contributed by atoms with Gasteiger partial charge in [-0.05, 0) is 55.9 Å². The molecule has 0 saturated carbocycles. The second-order valence-corrected chi connectivity index (χ2v) is 9.12. The molecular formula is C25H22N2O6. The number of phenolic OH excluding ortho intramolecular Hbond substituents is 1. The number of allylic oxidation sites excluding steroid dienone is 6. The first-order valence-electron chi connectivity index (χ1n) is 10.8. The number of carbonyl (C=O) groups is 5. The molecule has 1 aromatic rings. The first kappa shape index (κ1) is 21.1. The van der Waals surface area contributed by atoms with Gasteiger partial charge in [-0.1, -0.05) is 23.8 Å². The number of hydrogen-bond acceptors (Lipinski definition) is 6. The van der Waals surface area contributed by atoms with Gasteiger partial charge in [-0.25, -0.2) is 4.79 Å². The van der Waals surface area contributed by atoms with Gasteiger partial charge in [0, 0.05) is 22.6 Å². The minimum absolute atomic E-state index is 0.105. The average molecular weight is 446 g/mol. The van der Waals surface area contributed by atoms with Crippen molar-refractivity contribution < 1.29 is 29.1 Å². The molecule has 5 rings (SSSR count). The van der Waals surface area contributed by atoms with E-state index in [9.17, 15) is 29.1 Å². The van der Waals surface area contributed by atoms with Crippen LogP contribution in [0.15, 0.2) is 52.6 Å². The van der Waals surface area contributed by atoms with Crippen LogP contribution in [-0.4, -0.2) is 39.4 Å². The van der Waals surface area contributed by atoms with Gasteiger partial charge in [-0.2, -0.15) is 4.90 Å². The van der Waals surface area contributed by atoms with Crippen molar-refractivity contribution in [3.8, 4) is 5.75 Å². The molecule has 4 amide bonds. The van der Waals surface area contributed by atoms with Crippen LogP contribution in [0, 0.1) is 24.7 Å². The van der Waals surface area contributed by atoms with Crippen LogP contribution in [0.1, 0.15) is 36.8 Å². The number of fused-ring (bicyclic) bond motifs is 3. The van der Waals surface area contributed by atoms with Crippen molar-refractivity contribution in [1.82, 2.24) is 4.90 Å². The topological polar surface area (TPSA) is 135 Å². The highest BCUT2D eigenvalue weighted by Crippen LogP contribution is 2.55. The first-order chi connectivity index (χ1) is 15.6. The lowest BCUT2D eigenvalue weighted by Gasteiger charge is -2.42. The van der Waals surface area contributed by atoms with E-state index in [-0.39, 0.29) is 30.2 Å². The van der Waals surface area contributed by atoms with Crippen LogP contribution < -0.4 is 5.73 Å². The van der Waals surface area contributed by atoms with E-state index in [0.29, 0.717) is 32.7 Å². The third kappa shape index (κ3) is 2.86. The fourth-order valence-electron chi connectivity index (χ4n) is 5.82. The van der Waals surface area contributed by atoms with Gasteiger partial charge in [0.1, 0.15) is 5.75 Å². The summed E-state index contributed by atoms with van der Waals surface area (Å²) in [5.41, 5.74) is 8.47. The highest BCUT2D eigenvalue weighted by Gasteiger charge is 2.57. The number of rotatable bonds is 1. The van der Waals surface area contributed by atoms with E-state index in [1.165, 1.54) is 12.1 Å². The third-order valence-corrected chi connectivity index (χ3v) is 7.34. The number of aromatic hydroxyl groups is 1. The molecule has 8 heteroatoms. The van der Waals surface area contributed by atoms with E-state index in [0.717, 1.165) is 5.57 Å². The Morgan fingerprint density at radius 1 is 1.09 bits per heavy atom. The summed E-state index contributed by atoms with van der Waals surface area (Å²) >= 11 is 0. The molecule has 1 fully saturated rings. The number of urea groups is 1. The monoisotopic (exact) mass is 446 g/mol. The van der Waals surface area contributed by atoms with Crippen LogP contribution in [0.2, 0.25) is 0 Å². The van der Waals surface area contributed by atoms with Crippen molar-refractivity contribution in [3.63, 3.8) is 0 Å². The molecule has 4 atom stereocenters. The van der Waals surface area contributed by atoms with E-state index < -0.39 is 41.5 Å². The van der Waals surface area contributed by atoms with Crippen LogP contribution in [0.3, 0.4) is 0 Å². The molecule has 0 spiro atoms. The number of aryl methyl sites for hydroxylation is 1. The third-order valence-electron chi connectivity index (χ3n) is 7.34. The lowest BCUT2D eigenvalue weighted by molar-refractivity contribution is -0.136. The number of hydrogen-bond donors (Lipinski definition) is 2. The summed E-state index contributed by atoms with van der Waals surface area (Å²) in [7, 11) is 0. The fourth-order valence-corrected chi connectivity index (χ4v) is 5.82. The van der Waals surface area contributed by atoms with Gasteiger partial charge in [-0.3, -0.25) is 19.2 Å². The summed E-state index contributed by atoms with van der Waals surface area (Å²) in [6.45, 7) is 3.34. The Kier molecular flexibility index (Phi) is 4.53. The predicted octanol–water partition coefficient (Wildman–Crippen LogP) is 2.21. The van der Waals surface area contributed by atoms with Crippen molar-refractivity contribution in [1.29, 1.82) is 0 Å². The number of phenols is 1. The quantitative estimate of drug-likeness (QED) is 0.386. The summed E-state index contributed by atoms with van der Waals surface area (Å²) in [4.78, 5) is 64.4. The van der Waals surface area contributed by atoms with Crippen LogP contribution in [0.4, 0.5) is 4.79 Å². The van der Waals surface area contributed by atoms with Crippen LogP contribution in [-0.2, 0) is 19.2 Å². The summed E-state index contributed by atoms with van der Waals surface area (Å²) in [6.07, 6.45) is 3.55. The zero-order valence-corrected chi connectivity index (χ0v) is 18.1. The first-order valence-corrected chi connectivity index (χ1v) is 10.8. The summed E-state index contributed by atoms with van der Waals surface area (Å²) in [5.74, 6) is -4.35. The van der Waals surface area contributed by atoms with Gasteiger partial charge in [0.05, 0.1) is 11.8 Å². The highest BCUT2D eigenvalue weighted by atomic mass is 16.3. The number of nitrogens with zero attached hydrogens (tertiary/aromatic N) is 1. The van der Waals surface area contributed by atoms with Gasteiger partial charge in [0.2, 0.25) is 11.8 Å². The van der Waals surface area contributed by atoms with E-state index in [4.69, 9.17) is 5.73 Å². The van der Waals surface area contributed by atoms with Crippen LogP contribution in [0.5, 0.6) is 5.75 Å². The Morgan fingerprint density at radius 2 is 1.82 bits per heavy atom. The molecule has 1 saturated heterocycles. The van der Waals surface area contributed by atoms with Gasteiger partial charge in [0.15, 0.2) is 11.6 Å². The van der Waals surface area contributed by atoms with E-state index in [2.05, 4.69) is 0 Å². The number of nitrogens with two attached hydrogens (primary N) is 1. The maximum atomic E-state index is 13.3. The second kappa shape index (κ2) is 7.10. The molecule has 3 aliphatic carbocycles. The number of likely N-dealkylation sites (tertiary alicyclic amines) is 1. The Labute approximate surface area is 189 Å². The highest BCUT2D eigenvalue weighted by molar-refractivity contribution is 6.24. The molecular weight excluding hydrogens is 424 g/mol. The Morgan fingerprint density at radius 3 is 2.48 bits per heavy atom. The number of ketones is 2. The van der Waals surface area contributed by atoms with Crippen molar-refractivity contribution >= 4 is 29.4 Å². The summed E-state index contributed by atoms with van der Waals surface area (Å²) in [5, 5.41) is 10.0. The minimum atomic E-state index is -1.11. The van der Waals surface area contributed by atoms with Crippen molar-refractivity contribution in [2.24, 2.45) is 23.5 Å². The summed E-state index contributed by atoms with van der Waals surface area (Å²) in [6, 6.07) is 3.90.